The molecule has 2 rings (SSSR count). The lowest BCUT2D eigenvalue weighted by Crippen LogP contribution is -2.38. The molecule has 1 aliphatic carbocycles. The van der Waals surface area contributed by atoms with Crippen LogP contribution in [0.2, 0.25) is 0 Å². The number of carbonyl (C=O) groups is 1. The largest absolute Gasteiger partial charge is 0.364 e. The number of rotatable bonds is 5. The predicted octanol–water partition coefficient (Wildman–Crippen LogP) is 1.83. The Balaban J connectivity index is 1.64. The lowest BCUT2D eigenvalue weighted by Gasteiger charge is -2.28. The molecule has 0 aromatic rings. The van der Waals surface area contributed by atoms with E-state index in [9.17, 15) is 4.79 Å². The maximum absolute atomic E-state index is 12.0. The van der Waals surface area contributed by atoms with Gasteiger partial charge in [-0.25, -0.2) is 0 Å². The van der Waals surface area contributed by atoms with E-state index in [2.05, 4.69) is 12.2 Å². The first-order chi connectivity index (χ1) is 9.22. The van der Waals surface area contributed by atoms with Crippen LogP contribution in [0.1, 0.15) is 51.9 Å². The molecule has 1 heterocycles. The topological polar surface area (TPSA) is 64.4 Å². The van der Waals surface area contributed by atoms with Gasteiger partial charge >= 0.3 is 0 Å². The Kier molecular flexibility index (Phi) is 5.64. The molecule has 110 valence electrons. The van der Waals surface area contributed by atoms with Gasteiger partial charge in [0, 0.05) is 13.1 Å². The van der Waals surface area contributed by atoms with Gasteiger partial charge in [0.2, 0.25) is 5.91 Å². The summed E-state index contributed by atoms with van der Waals surface area (Å²) in [5.74, 6) is 1.64. The zero-order valence-electron chi connectivity index (χ0n) is 12.1. The molecule has 2 unspecified atom stereocenters. The Morgan fingerprint density at radius 3 is 2.42 bits per heavy atom. The Morgan fingerprint density at radius 1 is 1.16 bits per heavy atom. The third-order valence-corrected chi connectivity index (χ3v) is 4.77. The van der Waals surface area contributed by atoms with E-state index in [-0.39, 0.29) is 18.1 Å². The van der Waals surface area contributed by atoms with E-state index in [0.717, 1.165) is 25.3 Å². The van der Waals surface area contributed by atoms with E-state index in [1.165, 1.54) is 32.1 Å². The maximum Gasteiger partial charge on any atom is 0.249 e. The maximum atomic E-state index is 12.0. The molecule has 1 saturated heterocycles. The molecular formula is C15H28N2O2. The van der Waals surface area contributed by atoms with Crippen molar-refractivity contribution < 1.29 is 9.53 Å². The number of amides is 1. The highest BCUT2D eigenvalue weighted by Gasteiger charge is 2.30. The Bertz CT molecular complexity index is 288. The zero-order valence-corrected chi connectivity index (χ0v) is 12.1. The van der Waals surface area contributed by atoms with E-state index < -0.39 is 0 Å². The van der Waals surface area contributed by atoms with Crippen molar-refractivity contribution in [1.82, 2.24) is 5.32 Å². The van der Waals surface area contributed by atoms with Gasteiger partial charge in [0.05, 0.1) is 6.10 Å². The molecular weight excluding hydrogens is 240 g/mol. The minimum Gasteiger partial charge on any atom is -0.364 e. The monoisotopic (exact) mass is 268 g/mol. The van der Waals surface area contributed by atoms with Crippen LogP contribution in [0.3, 0.4) is 0 Å². The van der Waals surface area contributed by atoms with Crippen LogP contribution in [0, 0.1) is 11.8 Å². The van der Waals surface area contributed by atoms with E-state index >= 15 is 0 Å². The molecule has 19 heavy (non-hydrogen) atoms. The Morgan fingerprint density at radius 2 is 1.84 bits per heavy atom. The highest BCUT2D eigenvalue weighted by Crippen LogP contribution is 2.30. The average Bonchev–Trinajstić information content (AvgIpc) is 2.94. The fourth-order valence-electron chi connectivity index (χ4n) is 3.27. The number of nitrogens with one attached hydrogen (secondary N) is 1. The smallest absolute Gasteiger partial charge is 0.249 e. The van der Waals surface area contributed by atoms with Crippen LogP contribution in [-0.2, 0) is 9.53 Å². The zero-order chi connectivity index (χ0) is 13.7. The normalized spacial score (nSPS) is 35.3. The molecule has 0 aromatic carbocycles. The summed E-state index contributed by atoms with van der Waals surface area (Å²) in [6.07, 6.45) is 8.02. The third-order valence-electron chi connectivity index (χ3n) is 4.77. The van der Waals surface area contributed by atoms with Gasteiger partial charge in [-0.1, -0.05) is 26.2 Å². The van der Waals surface area contributed by atoms with E-state index in [1.54, 1.807) is 0 Å². The summed E-state index contributed by atoms with van der Waals surface area (Å²) in [5, 5.41) is 3.07. The minimum absolute atomic E-state index is 0.0635. The molecule has 2 fully saturated rings. The highest BCUT2D eigenvalue weighted by atomic mass is 16.5. The summed E-state index contributed by atoms with van der Waals surface area (Å²) >= 11 is 0. The van der Waals surface area contributed by atoms with Gasteiger partial charge in [-0.05, 0) is 37.5 Å². The van der Waals surface area contributed by atoms with Crippen LogP contribution in [0.4, 0.5) is 0 Å². The van der Waals surface area contributed by atoms with Crippen molar-refractivity contribution in [3.63, 3.8) is 0 Å². The molecule has 2 aliphatic rings. The number of ether oxygens (including phenoxy) is 1. The second-order valence-corrected chi connectivity index (χ2v) is 6.10. The molecule has 1 saturated carbocycles. The van der Waals surface area contributed by atoms with Crippen molar-refractivity contribution in [2.45, 2.75) is 64.1 Å². The minimum atomic E-state index is -0.263. The van der Waals surface area contributed by atoms with Gasteiger partial charge in [-0.3, -0.25) is 4.79 Å². The third kappa shape index (κ3) is 4.18. The van der Waals surface area contributed by atoms with Gasteiger partial charge in [-0.15, -0.1) is 0 Å². The van der Waals surface area contributed by atoms with E-state index in [1.807, 2.05) is 0 Å². The number of hydrogen-bond donors (Lipinski definition) is 2. The first kappa shape index (κ1) is 14.8. The van der Waals surface area contributed by atoms with Crippen LogP contribution in [0.15, 0.2) is 0 Å². The van der Waals surface area contributed by atoms with Gasteiger partial charge in [-0.2, -0.15) is 0 Å². The van der Waals surface area contributed by atoms with Crippen molar-refractivity contribution in [2.24, 2.45) is 17.6 Å². The molecule has 1 aliphatic heterocycles. The molecule has 2 atom stereocenters. The summed E-state index contributed by atoms with van der Waals surface area (Å²) in [4.78, 5) is 12.0. The van der Waals surface area contributed by atoms with Crippen LogP contribution >= 0.6 is 0 Å². The Labute approximate surface area is 116 Å². The molecule has 4 nitrogen and oxygen atoms in total. The second kappa shape index (κ2) is 7.25. The molecule has 4 heteroatoms. The second-order valence-electron chi connectivity index (χ2n) is 6.10. The van der Waals surface area contributed by atoms with Crippen molar-refractivity contribution >= 4 is 5.91 Å². The van der Waals surface area contributed by atoms with Crippen LogP contribution in [0.5, 0.6) is 0 Å². The van der Waals surface area contributed by atoms with Crippen molar-refractivity contribution in [3.8, 4) is 0 Å². The van der Waals surface area contributed by atoms with Crippen molar-refractivity contribution in [1.29, 1.82) is 0 Å². The fourth-order valence-corrected chi connectivity index (χ4v) is 3.27. The standard InChI is InChI=1S/C15H28N2O2/c1-2-11-3-5-12(6-4-11)10-17-15(18)14-8-7-13(9-16)19-14/h11-14H,2-10,16H2,1H3,(H,17,18). The van der Waals surface area contributed by atoms with Crippen molar-refractivity contribution in [2.75, 3.05) is 13.1 Å². The van der Waals surface area contributed by atoms with Gasteiger partial charge < -0.3 is 15.8 Å². The molecule has 0 bridgehead atoms. The predicted molar refractivity (Wildman–Crippen MR) is 75.7 cm³/mol. The summed E-state index contributed by atoms with van der Waals surface area (Å²) < 4.78 is 5.61. The number of nitrogens with two attached hydrogens (primary N) is 1. The lowest BCUT2D eigenvalue weighted by atomic mass is 9.81. The molecule has 0 aromatic heterocycles. The van der Waals surface area contributed by atoms with Crippen LogP contribution in [0.25, 0.3) is 0 Å². The Hall–Kier alpha value is -0.610. The van der Waals surface area contributed by atoms with Crippen LogP contribution in [-0.4, -0.2) is 31.2 Å². The number of carbonyl (C=O) groups excluding carboxylic acids is 1. The summed E-state index contributed by atoms with van der Waals surface area (Å²) in [7, 11) is 0. The quantitative estimate of drug-likeness (QED) is 0.799. The molecule has 0 spiro atoms. The first-order valence-electron chi connectivity index (χ1n) is 7.86. The van der Waals surface area contributed by atoms with Gasteiger partial charge in [0.25, 0.3) is 0 Å². The first-order valence-corrected chi connectivity index (χ1v) is 7.86. The molecule has 0 radical (unpaired) electrons. The van der Waals surface area contributed by atoms with E-state index in [4.69, 9.17) is 10.5 Å². The lowest BCUT2D eigenvalue weighted by molar-refractivity contribution is -0.132. The fraction of sp³-hybridized carbons (Fsp3) is 0.933. The molecule has 1 amide bonds. The van der Waals surface area contributed by atoms with Gasteiger partial charge in [0.1, 0.15) is 6.10 Å². The SMILES string of the molecule is CCC1CCC(CNC(=O)C2CCC(CN)O2)CC1. The average molecular weight is 268 g/mol. The molecule has 3 N–H and O–H groups in total. The van der Waals surface area contributed by atoms with Crippen LogP contribution < -0.4 is 11.1 Å². The number of hydrogen-bond acceptors (Lipinski definition) is 3. The summed E-state index contributed by atoms with van der Waals surface area (Å²) in [6.45, 7) is 3.62. The van der Waals surface area contributed by atoms with Crippen molar-refractivity contribution in [3.05, 3.63) is 0 Å². The van der Waals surface area contributed by atoms with E-state index in [0.29, 0.717) is 12.5 Å². The summed E-state index contributed by atoms with van der Waals surface area (Å²) in [5.41, 5.74) is 5.56. The van der Waals surface area contributed by atoms with Gasteiger partial charge in [0.15, 0.2) is 0 Å². The highest BCUT2D eigenvalue weighted by molar-refractivity contribution is 5.81. The summed E-state index contributed by atoms with van der Waals surface area (Å²) in [6, 6.07) is 0.